The van der Waals surface area contributed by atoms with Crippen molar-refractivity contribution in [1.82, 2.24) is 5.16 Å². The zero-order valence-electron chi connectivity index (χ0n) is 19.1. The van der Waals surface area contributed by atoms with Crippen LogP contribution in [0.5, 0.6) is 11.5 Å². The van der Waals surface area contributed by atoms with Crippen molar-refractivity contribution in [1.29, 1.82) is 0 Å². The summed E-state index contributed by atoms with van der Waals surface area (Å²) in [5.41, 5.74) is 1.78. The second kappa shape index (κ2) is 10.4. The lowest BCUT2D eigenvalue weighted by atomic mass is 10.2. The third kappa shape index (κ3) is 5.93. The smallest absolute Gasteiger partial charge is 0.338 e. The third-order valence-corrected chi connectivity index (χ3v) is 6.00. The highest BCUT2D eigenvalue weighted by Crippen LogP contribution is 2.30. The summed E-state index contributed by atoms with van der Waals surface area (Å²) in [5.74, 6) is -0.103. The minimum atomic E-state index is -3.55. The summed E-state index contributed by atoms with van der Waals surface area (Å²) in [5, 5.41) is 6.32. The first-order valence-corrected chi connectivity index (χ1v) is 12.0. The van der Waals surface area contributed by atoms with Crippen LogP contribution in [-0.4, -0.2) is 45.4 Å². The Bertz CT molecular complexity index is 1290. The number of carbonyl (C=O) groups is 2. The molecule has 34 heavy (non-hydrogen) atoms. The molecule has 0 aliphatic rings. The molecule has 3 rings (SSSR count). The van der Waals surface area contributed by atoms with E-state index in [1.54, 1.807) is 32.0 Å². The lowest BCUT2D eigenvalue weighted by Gasteiger charge is -2.12. The second-order valence-electron chi connectivity index (χ2n) is 7.35. The Balaban J connectivity index is 1.62. The zero-order valence-corrected chi connectivity index (χ0v) is 19.9. The summed E-state index contributed by atoms with van der Waals surface area (Å²) in [6.45, 7) is 3.19. The zero-order chi connectivity index (χ0) is 24.9. The van der Waals surface area contributed by atoms with Gasteiger partial charge >= 0.3 is 5.97 Å². The SMILES string of the molecule is COc1cc(C(=O)OCC(=O)Nc2ccccc2S(C)(=O)=O)ccc1OCc1c(C)noc1C. The second-order valence-corrected chi connectivity index (χ2v) is 9.33. The first kappa shape index (κ1) is 24.8. The molecule has 0 aliphatic heterocycles. The number of nitrogens with one attached hydrogen (secondary N) is 1. The number of carbonyl (C=O) groups excluding carboxylic acids is 2. The lowest BCUT2D eigenvalue weighted by Crippen LogP contribution is -2.22. The van der Waals surface area contributed by atoms with Gasteiger partial charge in [-0.05, 0) is 44.2 Å². The van der Waals surface area contributed by atoms with Crippen LogP contribution in [-0.2, 0) is 26.0 Å². The van der Waals surface area contributed by atoms with Crippen LogP contribution in [0.25, 0.3) is 0 Å². The normalized spacial score (nSPS) is 11.1. The predicted molar refractivity (Wildman–Crippen MR) is 122 cm³/mol. The summed E-state index contributed by atoms with van der Waals surface area (Å²) in [4.78, 5) is 24.6. The number of nitrogens with zero attached hydrogens (tertiary/aromatic N) is 1. The lowest BCUT2D eigenvalue weighted by molar-refractivity contribution is -0.119. The van der Waals surface area contributed by atoms with E-state index in [1.807, 2.05) is 0 Å². The molecule has 1 heterocycles. The van der Waals surface area contributed by atoms with Gasteiger partial charge in [-0.25, -0.2) is 13.2 Å². The minimum Gasteiger partial charge on any atom is -0.493 e. The molecule has 0 unspecified atom stereocenters. The van der Waals surface area contributed by atoms with Gasteiger partial charge in [0.2, 0.25) is 0 Å². The summed E-state index contributed by atoms with van der Waals surface area (Å²) in [6.07, 6.45) is 1.03. The van der Waals surface area contributed by atoms with E-state index in [0.29, 0.717) is 23.0 Å². The molecule has 1 amide bonds. The molecule has 0 spiro atoms. The number of aromatic nitrogens is 1. The average molecular weight is 489 g/mol. The quantitative estimate of drug-likeness (QED) is 0.451. The molecular weight excluding hydrogens is 464 g/mol. The highest BCUT2D eigenvalue weighted by molar-refractivity contribution is 7.90. The van der Waals surface area contributed by atoms with Crippen LogP contribution in [0.1, 0.15) is 27.4 Å². The Kier molecular flexibility index (Phi) is 7.57. The summed E-state index contributed by atoms with van der Waals surface area (Å²) in [6, 6.07) is 10.4. The van der Waals surface area contributed by atoms with Crippen molar-refractivity contribution >= 4 is 27.4 Å². The van der Waals surface area contributed by atoms with Crippen LogP contribution in [0.4, 0.5) is 5.69 Å². The molecule has 0 atom stereocenters. The number of rotatable bonds is 9. The largest absolute Gasteiger partial charge is 0.493 e. The highest BCUT2D eigenvalue weighted by atomic mass is 32.2. The number of methoxy groups -OCH3 is 1. The van der Waals surface area contributed by atoms with E-state index in [9.17, 15) is 18.0 Å². The first-order chi connectivity index (χ1) is 16.1. The molecule has 10 nitrogen and oxygen atoms in total. The maximum atomic E-state index is 12.4. The van der Waals surface area contributed by atoms with Crippen molar-refractivity contribution in [2.45, 2.75) is 25.3 Å². The Morgan fingerprint density at radius 2 is 1.82 bits per heavy atom. The molecule has 0 aliphatic carbocycles. The van der Waals surface area contributed by atoms with Gasteiger partial charge in [-0.2, -0.15) is 0 Å². The number of sulfone groups is 1. The molecule has 1 N–H and O–H groups in total. The van der Waals surface area contributed by atoms with E-state index in [-0.39, 0.29) is 22.8 Å². The van der Waals surface area contributed by atoms with Crippen molar-refractivity contribution in [3.05, 3.63) is 65.0 Å². The van der Waals surface area contributed by atoms with Crippen molar-refractivity contribution in [2.24, 2.45) is 0 Å². The number of hydrogen-bond acceptors (Lipinski definition) is 9. The Labute approximate surface area is 196 Å². The van der Waals surface area contributed by atoms with E-state index in [1.165, 1.54) is 31.4 Å². The van der Waals surface area contributed by atoms with Gasteiger partial charge in [0, 0.05) is 6.26 Å². The number of aryl methyl sites for hydroxylation is 2. The van der Waals surface area contributed by atoms with Crippen molar-refractivity contribution < 1.29 is 36.7 Å². The van der Waals surface area contributed by atoms with Gasteiger partial charge < -0.3 is 24.1 Å². The van der Waals surface area contributed by atoms with Gasteiger partial charge in [-0.1, -0.05) is 17.3 Å². The fourth-order valence-electron chi connectivity index (χ4n) is 3.07. The Morgan fingerprint density at radius 1 is 1.09 bits per heavy atom. The minimum absolute atomic E-state index is 0.0356. The van der Waals surface area contributed by atoms with Crippen LogP contribution in [0, 0.1) is 13.8 Å². The summed E-state index contributed by atoms with van der Waals surface area (Å²) >= 11 is 0. The molecule has 0 saturated carbocycles. The van der Waals surface area contributed by atoms with Crippen LogP contribution in [0.3, 0.4) is 0 Å². The molecule has 0 fully saturated rings. The first-order valence-electron chi connectivity index (χ1n) is 10.1. The number of benzene rings is 2. The Morgan fingerprint density at radius 3 is 2.47 bits per heavy atom. The molecule has 180 valence electrons. The van der Waals surface area contributed by atoms with Gasteiger partial charge in [-0.3, -0.25) is 4.79 Å². The number of amides is 1. The summed E-state index contributed by atoms with van der Waals surface area (Å²) < 4.78 is 45.0. The molecule has 0 radical (unpaired) electrons. The van der Waals surface area contributed by atoms with Gasteiger partial charge in [-0.15, -0.1) is 0 Å². The number of hydrogen-bond donors (Lipinski definition) is 1. The molecule has 3 aromatic rings. The van der Waals surface area contributed by atoms with Gasteiger partial charge in [0.25, 0.3) is 5.91 Å². The predicted octanol–water partition coefficient (Wildman–Crippen LogP) is 3.08. The fraction of sp³-hybridized carbons (Fsp3) is 0.261. The molecule has 1 aromatic heterocycles. The van der Waals surface area contributed by atoms with Gasteiger partial charge in [0.05, 0.1) is 34.5 Å². The van der Waals surface area contributed by atoms with E-state index < -0.39 is 28.3 Å². The van der Waals surface area contributed by atoms with Crippen LogP contribution >= 0.6 is 0 Å². The number of ether oxygens (including phenoxy) is 3. The van der Waals surface area contributed by atoms with E-state index in [0.717, 1.165) is 11.8 Å². The molecular formula is C23H24N2O8S. The fourth-order valence-corrected chi connectivity index (χ4v) is 3.91. The molecule has 0 saturated heterocycles. The van der Waals surface area contributed by atoms with Gasteiger partial charge in [0.1, 0.15) is 12.4 Å². The molecule has 11 heteroatoms. The topological polar surface area (TPSA) is 134 Å². The Hall–Kier alpha value is -3.86. The van der Waals surface area contributed by atoms with E-state index in [4.69, 9.17) is 18.7 Å². The highest BCUT2D eigenvalue weighted by Gasteiger charge is 2.18. The maximum Gasteiger partial charge on any atom is 0.338 e. The standard InChI is InChI=1S/C23H24N2O8S/c1-14-17(15(2)33-25-14)12-31-19-10-9-16(11-20(19)30-3)23(27)32-13-22(26)24-18-7-5-6-8-21(18)34(4,28)29/h5-11H,12-13H2,1-4H3,(H,24,26). The van der Waals surface area contributed by atoms with Crippen LogP contribution in [0.15, 0.2) is 51.9 Å². The summed E-state index contributed by atoms with van der Waals surface area (Å²) in [7, 11) is -2.12. The third-order valence-electron chi connectivity index (χ3n) is 4.85. The molecule has 0 bridgehead atoms. The van der Waals surface area contributed by atoms with Crippen molar-refractivity contribution in [3.63, 3.8) is 0 Å². The number of anilines is 1. The molecule has 2 aromatic carbocycles. The number of esters is 1. The number of para-hydroxylation sites is 1. The van der Waals surface area contributed by atoms with Crippen molar-refractivity contribution in [2.75, 3.05) is 25.3 Å². The maximum absolute atomic E-state index is 12.4. The van der Waals surface area contributed by atoms with Crippen LogP contribution in [0.2, 0.25) is 0 Å². The van der Waals surface area contributed by atoms with E-state index in [2.05, 4.69) is 10.5 Å². The van der Waals surface area contributed by atoms with Crippen LogP contribution < -0.4 is 14.8 Å². The van der Waals surface area contributed by atoms with Crippen molar-refractivity contribution in [3.8, 4) is 11.5 Å². The average Bonchev–Trinajstić information content (AvgIpc) is 3.12. The van der Waals surface area contributed by atoms with Gasteiger partial charge in [0.15, 0.2) is 27.9 Å². The van der Waals surface area contributed by atoms with E-state index >= 15 is 0 Å². The monoisotopic (exact) mass is 488 g/mol.